The highest BCUT2D eigenvalue weighted by molar-refractivity contribution is 6.31. The van der Waals surface area contributed by atoms with Gasteiger partial charge in [-0.25, -0.2) is 0 Å². The summed E-state index contributed by atoms with van der Waals surface area (Å²) in [7, 11) is 0. The van der Waals surface area contributed by atoms with E-state index in [2.05, 4.69) is 10.2 Å². The second kappa shape index (κ2) is 5.44. The Labute approximate surface area is 105 Å². The molecule has 1 aromatic carbocycles. The van der Waals surface area contributed by atoms with Gasteiger partial charge in [0.2, 0.25) is 0 Å². The summed E-state index contributed by atoms with van der Waals surface area (Å²) in [4.78, 5) is 12.5. The van der Waals surface area contributed by atoms with Gasteiger partial charge in [0.05, 0.1) is 4.92 Å². The molecule has 1 saturated heterocycles. The number of rotatable bonds is 3. The number of nitrogens with one attached hydrogen (secondary N) is 1. The first-order chi connectivity index (χ1) is 8.16. The van der Waals surface area contributed by atoms with Crippen LogP contribution in [0.4, 0.5) is 5.69 Å². The molecule has 1 aliphatic heterocycles. The van der Waals surface area contributed by atoms with Crippen LogP contribution in [0.2, 0.25) is 5.02 Å². The SMILES string of the molecule is O=[N+]([O-])c1ccc(Cl)c(CN2CCNCC2)c1. The molecule has 1 N–H and O–H groups in total. The molecule has 0 radical (unpaired) electrons. The predicted molar refractivity (Wildman–Crippen MR) is 66.3 cm³/mol. The van der Waals surface area contributed by atoms with Crippen LogP contribution in [0, 0.1) is 10.1 Å². The molecular formula is C11H14ClN3O2. The third kappa shape index (κ3) is 3.15. The fraction of sp³-hybridized carbons (Fsp3) is 0.455. The molecule has 0 spiro atoms. The van der Waals surface area contributed by atoms with Gasteiger partial charge in [0.15, 0.2) is 0 Å². The highest BCUT2D eigenvalue weighted by Gasteiger charge is 2.14. The van der Waals surface area contributed by atoms with Crippen LogP contribution < -0.4 is 5.32 Å². The number of nitro groups is 1. The fourth-order valence-electron chi connectivity index (χ4n) is 1.91. The molecule has 2 rings (SSSR count). The number of halogens is 1. The summed E-state index contributed by atoms with van der Waals surface area (Å²) in [5.74, 6) is 0. The first-order valence-corrected chi connectivity index (χ1v) is 5.90. The molecule has 1 aliphatic rings. The van der Waals surface area contributed by atoms with Crippen molar-refractivity contribution in [3.63, 3.8) is 0 Å². The number of piperazine rings is 1. The van der Waals surface area contributed by atoms with Gasteiger partial charge >= 0.3 is 0 Å². The van der Waals surface area contributed by atoms with Gasteiger partial charge in [-0.3, -0.25) is 15.0 Å². The zero-order valence-electron chi connectivity index (χ0n) is 9.36. The van der Waals surface area contributed by atoms with Crippen molar-refractivity contribution in [3.8, 4) is 0 Å². The van der Waals surface area contributed by atoms with Crippen LogP contribution in [-0.2, 0) is 6.54 Å². The average Bonchev–Trinajstić information content (AvgIpc) is 2.33. The maximum absolute atomic E-state index is 10.7. The highest BCUT2D eigenvalue weighted by Crippen LogP contribution is 2.23. The Kier molecular flexibility index (Phi) is 3.93. The molecule has 0 bridgehead atoms. The molecule has 5 nitrogen and oxygen atoms in total. The Morgan fingerprint density at radius 1 is 1.41 bits per heavy atom. The van der Waals surface area contributed by atoms with Crippen molar-refractivity contribution in [2.24, 2.45) is 0 Å². The third-order valence-corrected chi connectivity index (χ3v) is 3.21. The van der Waals surface area contributed by atoms with Crippen molar-refractivity contribution in [1.82, 2.24) is 10.2 Å². The van der Waals surface area contributed by atoms with Crippen molar-refractivity contribution in [3.05, 3.63) is 38.9 Å². The van der Waals surface area contributed by atoms with E-state index in [1.165, 1.54) is 6.07 Å². The Morgan fingerprint density at radius 2 is 2.12 bits per heavy atom. The molecule has 0 amide bonds. The number of hydrogen-bond acceptors (Lipinski definition) is 4. The third-order valence-electron chi connectivity index (χ3n) is 2.84. The van der Waals surface area contributed by atoms with E-state index in [1.54, 1.807) is 12.1 Å². The molecule has 0 aromatic heterocycles. The molecule has 6 heteroatoms. The monoisotopic (exact) mass is 255 g/mol. The topological polar surface area (TPSA) is 58.4 Å². The van der Waals surface area contributed by atoms with Crippen molar-refractivity contribution in [1.29, 1.82) is 0 Å². The molecule has 0 atom stereocenters. The molecule has 92 valence electrons. The molecule has 0 unspecified atom stereocenters. The van der Waals surface area contributed by atoms with Crippen LogP contribution in [0.25, 0.3) is 0 Å². The van der Waals surface area contributed by atoms with Gasteiger partial charge in [-0.05, 0) is 11.6 Å². The van der Waals surface area contributed by atoms with Crippen molar-refractivity contribution < 1.29 is 4.92 Å². The maximum atomic E-state index is 10.7. The van der Waals surface area contributed by atoms with Crippen molar-refractivity contribution >= 4 is 17.3 Å². The van der Waals surface area contributed by atoms with E-state index in [0.717, 1.165) is 31.7 Å². The van der Waals surface area contributed by atoms with E-state index in [9.17, 15) is 10.1 Å². The Hall–Kier alpha value is -1.17. The molecule has 1 aromatic rings. The number of nitro benzene ring substituents is 1. The van der Waals surface area contributed by atoms with E-state index in [1.807, 2.05) is 0 Å². The van der Waals surface area contributed by atoms with Crippen LogP contribution in [0.1, 0.15) is 5.56 Å². The van der Waals surface area contributed by atoms with Crippen LogP contribution in [0.3, 0.4) is 0 Å². The van der Waals surface area contributed by atoms with Crippen LogP contribution >= 0.6 is 11.6 Å². The summed E-state index contributed by atoms with van der Waals surface area (Å²) in [5, 5.41) is 14.5. The zero-order valence-corrected chi connectivity index (χ0v) is 10.1. The lowest BCUT2D eigenvalue weighted by Crippen LogP contribution is -2.42. The second-order valence-electron chi connectivity index (χ2n) is 4.06. The van der Waals surface area contributed by atoms with Crippen molar-refractivity contribution in [2.75, 3.05) is 26.2 Å². The predicted octanol–water partition coefficient (Wildman–Crippen LogP) is 1.65. The van der Waals surface area contributed by atoms with E-state index in [4.69, 9.17) is 11.6 Å². The first kappa shape index (κ1) is 12.3. The standard InChI is InChI=1S/C11H14ClN3O2/c12-11-2-1-10(15(16)17)7-9(11)8-14-5-3-13-4-6-14/h1-2,7,13H,3-6,8H2. The van der Waals surface area contributed by atoms with Gasteiger partial charge in [-0.1, -0.05) is 11.6 Å². The van der Waals surface area contributed by atoms with Gasteiger partial charge < -0.3 is 5.32 Å². The molecule has 0 aliphatic carbocycles. The summed E-state index contributed by atoms with van der Waals surface area (Å²) in [6.07, 6.45) is 0. The molecule has 0 saturated carbocycles. The van der Waals surface area contributed by atoms with Gasteiger partial charge in [0.25, 0.3) is 5.69 Å². The van der Waals surface area contributed by atoms with Gasteiger partial charge in [-0.2, -0.15) is 0 Å². The van der Waals surface area contributed by atoms with E-state index in [-0.39, 0.29) is 5.69 Å². The van der Waals surface area contributed by atoms with E-state index >= 15 is 0 Å². The fourth-order valence-corrected chi connectivity index (χ4v) is 2.08. The smallest absolute Gasteiger partial charge is 0.269 e. The normalized spacial score (nSPS) is 17.0. The Bertz CT molecular complexity index is 419. The van der Waals surface area contributed by atoms with Gasteiger partial charge in [0, 0.05) is 49.9 Å². The molecule has 1 heterocycles. The van der Waals surface area contributed by atoms with Gasteiger partial charge in [-0.15, -0.1) is 0 Å². The highest BCUT2D eigenvalue weighted by atomic mass is 35.5. The minimum Gasteiger partial charge on any atom is -0.314 e. The summed E-state index contributed by atoms with van der Waals surface area (Å²) >= 11 is 6.06. The quantitative estimate of drug-likeness (QED) is 0.659. The summed E-state index contributed by atoms with van der Waals surface area (Å²) in [5.41, 5.74) is 0.919. The molecular weight excluding hydrogens is 242 g/mol. The lowest BCUT2D eigenvalue weighted by Gasteiger charge is -2.27. The van der Waals surface area contributed by atoms with E-state index in [0.29, 0.717) is 11.6 Å². The van der Waals surface area contributed by atoms with Crippen molar-refractivity contribution in [2.45, 2.75) is 6.54 Å². The lowest BCUT2D eigenvalue weighted by atomic mass is 10.2. The molecule has 17 heavy (non-hydrogen) atoms. The van der Waals surface area contributed by atoms with Gasteiger partial charge in [0.1, 0.15) is 0 Å². The average molecular weight is 256 g/mol. The Balaban J connectivity index is 2.13. The lowest BCUT2D eigenvalue weighted by molar-refractivity contribution is -0.384. The largest absolute Gasteiger partial charge is 0.314 e. The zero-order chi connectivity index (χ0) is 12.3. The minimum atomic E-state index is -0.391. The number of nitrogens with zero attached hydrogens (tertiary/aromatic N) is 2. The van der Waals surface area contributed by atoms with Crippen LogP contribution in [0.5, 0.6) is 0 Å². The second-order valence-corrected chi connectivity index (χ2v) is 4.47. The summed E-state index contributed by atoms with van der Waals surface area (Å²) in [6, 6.07) is 4.59. The Morgan fingerprint density at radius 3 is 2.76 bits per heavy atom. The molecule has 1 fully saturated rings. The number of non-ortho nitro benzene ring substituents is 1. The summed E-state index contributed by atoms with van der Waals surface area (Å²) in [6.45, 7) is 4.46. The van der Waals surface area contributed by atoms with Crippen LogP contribution in [0.15, 0.2) is 18.2 Å². The number of benzene rings is 1. The first-order valence-electron chi connectivity index (χ1n) is 5.53. The number of hydrogen-bond donors (Lipinski definition) is 1. The van der Waals surface area contributed by atoms with E-state index < -0.39 is 4.92 Å². The minimum absolute atomic E-state index is 0.0968. The van der Waals surface area contributed by atoms with Crippen LogP contribution in [-0.4, -0.2) is 36.0 Å². The maximum Gasteiger partial charge on any atom is 0.269 e. The summed E-state index contributed by atoms with van der Waals surface area (Å²) < 4.78 is 0.